The Hall–Kier alpha value is -3.79. The number of hydrogen-bond donors (Lipinski definition) is 1. The summed E-state index contributed by atoms with van der Waals surface area (Å²) in [6.07, 6.45) is 3.06. The Morgan fingerprint density at radius 3 is 2.48 bits per heavy atom. The van der Waals surface area contributed by atoms with Crippen LogP contribution in [0.3, 0.4) is 0 Å². The minimum absolute atomic E-state index is 0.0779. The van der Waals surface area contributed by atoms with Gasteiger partial charge in [-0.1, -0.05) is 23.5 Å². The van der Waals surface area contributed by atoms with Gasteiger partial charge in [-0.15, -0.1) is 0 Å². The minimum atomic E-state index is -0.657. The number of methoxy groups -OCH3 is 1. The number of piperazine rings is 1. The van der Waals surface area contributed by atoms with Crippen LogP contribution in [0.2, 0.25) is 0 Å². The number of rotatable bonds is 5. The fourth-order valence-electron chi connectivity index (χ4n) is 3.65. The molecule has 0 atom stereocenters. The van der Waals surface area contributed by atoms with Crippen molar-refractivity contribution in [1.29, 1.82) is 0 Å². The molecule has 0 saturated carbocycles. The number of hydrogen-bond acceptors (Lipinski definition) is 8. The van der Waals surface area contributed by atoms with E-state index in [-0.39, 0.29) is 5.56 Å². The Kier molecular flexibility index (Phi) is 5.74. The summed E-state index contributed by atoms with van der Waals surface area (Å²) in [6, 6.07) is 12.2. The third-order valence-electron chi connectivity index (χ3n) is 5.43. The maximum absolute atomic E-state index is 14.1. The van der Waals surface area contributed by atoms with Crippen LogP contribution in [0, 0.1) is 5.82 Å². The molecule has 8 nitrogen and oxygen atoms in total. The van der Waals surface area contributed by atoms with E-state index in [0.717, 1.165) is 36.8 Å². The van der Waals surface area contributed by atoms with E-state index in [1.54, 1.807) is 11.3 Å². The zero-order valence-electron chi connectivity index (χ0n) is 17.9. The minimum Gasteiger partial charge on any atom is -0.497 e. The van der Waals surface area contributed by atoms with Gasteiger partial charge in [-0.2, -0.15) is 0 Å². The van der Waals surface area contributed by atoms with Gasteiger partial charge >= 0.3 is 0 Å². The highest BCUT2D eigenvalue weighted by atomic mass is 32.1. The lowest BCUT2D eigenvalue weighted by molar-refractivity contribution is 0.102. The van der Waals surface area contributed by atoms with Gasteiger partial charge in [0.2, 0.25) is 5.95 Å². The number of carbonyl (C=O) groups is 1. The molecule has 2 aromatic heterocycles. The fraction of sp³-hybridized carbons (Fsp3) is 0.217. The van der Waals surface area contributed by atoms with E-state index in [2.05, 4.69) is 31.2 Å². The first-order valence-corrected chi connectivity index (χ1v) is 11.2. The molecular weight excluding hydrogens is 442 g/mol. The van der Waals surface area contributed by atoms with E-state index in [1.165, 1.54) is 42.4 Å². The van der Waals surface area contributed by atoms with Crippen molar-refractivity contribution in [2.75, 3.05) is 48.4 Å². The number of anilines is 3. The molecule has 1 N–H and O–H groups in total. The summed E-state index contributed by atoms with van der Waals surface area (Å²) in [6.45, 7) is 3.16. The summed E-state index contributed by atoms with van der Waals surface area (Å²) >= 11 is 1.70. The quantitative estimate of drug-likeness (QED) is 0.482. The highest BCUT2D eigenvalue weighted by Gasteiger charge is 2.21. The summed E-state index contributed by atoms with van der Waals surface area (Å²) in [7, 11) is 1.44. The van der Waals surface area contributed by atoms with Crippen LogP contribution < -0.4 is 19.9 Å². The molecule has 0 aliphatic carbocycles. The molecule has 33 heavy (non-hydrogen) atoms. The van der Waals surface area contributed by atoms with Crippen molar-refractivity contribution >= 4 is 44.2 Å². The van der Waals surface area contributed by atoms with E-state index in [0.29, 0.717) is 17.4 Å². The Bertz CT molecular complexity index is 1250. The molecule has 10 heteroatoms. The van der Waals surface area contributed by atoms with E-state index in [4.69, 9.17) is 9.72 Å². The van der Waals surface area contributed by atoms with Gasteiger partial charge in [-0.3, -0.25) is 4.79 Å². The lowest BCUT2D eigenvalue weighted by Gasteiger charge is -2.34. The lowest BCUT2D eigenvalue weighted by atomic mass is 10.2. The van der Waals surface area contributed by atoms with E-state index >= 15 is 0 Å². The van der Waals surface area contributed by atoms with Crippen molar-refractivity contribution in [2.45, 2.75) is 0 Å². The summed E-state index contributed by atoms with van der Waals surface area (Å²) in [5.41, 5.74) is 1.34. The number of ether oxygens (including phenoxy) is 1. The van der Waals surface area contributed by atoms with Gasteiger partial charge in [0.15, 0.2) is 5.13 Å². The molecule has 0 spiro atoms. The molecule has 168 valence electrons. The highest BCUT2D eigenvalue weighted by molar-refractivity contribution is 7.22. The van der Waals surface area contributed by atoms with Crippen molar-refractivity contribution in [1.82, 2.24) is 15.0 Å². The summed E-state index contributed by atoms with van der Waals surface area (Å²) in [4.78, 5) is 30.3. The number of amides is 1. The van der Waals surface area contributed by atoms with Crippen molar-refractivity contribution in [3.05, 3.63) is 66.2 Å². The number of fused-ring (bicyclic) bond motifs is 1. The van der Waals surface area contributed by atoms with Gasteiger partial charge < -0.3 is 19.9 Å². The van der Waals surface area contributed by atoms with Crippen molar-refractivity contribution in [2.24, 2.45) is 0 Å². The predicted molar refractivity (Wildman–Crippen MR) is 127 cm³/mol. The number of aromatic nitrogens is 3. The highest BCUT2D eigenvalue weighted by Crippen LogP contribution is 2.29. The Labute approximate surface area is 193 Å². The molecule has 0 bridgehead atoms. The van der Waals surface area contributed by atoms with E-state index < -0.39 is 11.7 Å². The molecule has 3 heterocycles. The number of nitrogens with zero attached hydrogens (tertiary/aromatic N) is 5. The van der Waals surface area contributed by atoms with Gasteiger partial charge in [-0.25, -0.2) is 19.3 Å². The first-order valence-electron chi connectivity index (χ1n) is 10.4. The Morgan fingerprint density at radius 1 is 1.06 bits per heavy atom. The van der Waals surface area contributed by atoms with Crippen LogP contribution in [-0.4, -0.2) is 54.1 Å². The molecule has 1 saturated heterocycles. The van der Waals surface area contributed by atoms with Crippen LogP contribution in [0.25, 0.3) is 10.2 Å². The number of benzene rings is 2. The molecule has 4 aromatic rings. The third-order valence-corrected chi connectivity index (χ3v) is 6.53. The van der Waals surface area contributed by atoms with Gasteiger partial charge in [-0.05, 0) is 24.3 Å². The lowest BCUT2D eigenvalue weighted by Crippen LogP contribution is -2.47. The summed E-state index contributed by atoms with van der Waals surface area (Å²) in [5.74, 6) is -0.293. The second-order valence-electron chi connectivity index (χ2n) is 7.51. The van der Waals surface area contributed by atoms with Crippen LogP contribution in [-0.2, 0) is 0 Å². The molecule has 2 aromatic carbocycles. The Balaban J connectivity index is 1.20. The number of para-hydroxylation sites is 1. The summed E-state index contributed by atoms with van der Waals surface area (Å²) < 4.78 is 20.3. The monoisotopic (exact) mass is 463 g/mol. The fourth-order valence-corrected chi connectivity index (χ4v) is 4.66. The van der Waals surface area contributed by atoms with Gasteiger partial charge in [0.25, 0.3) is 5.91 Å². The van der Waals surface area contributed by atoms with Crippen LogP contribution >= 0.6 is 11.3 Å². The van der Waals surface area contributed by atoms with Crippen LogP contribution in [0.4, 0.5) is 21.2 Å². The molecule has 0 unspecified atom stereocenters. The molecular formula is C23H21FN6O2S. The zero-order valence-corrected chi connectivity index (χ0v) is 18.7. The average Bonchev–Trinajstić information content (AvgIpc) is 3.29. The van der Waals surface area contributed by atoms with Crippen LogP contribution in [0.1, 0.15) is 10.4 Å². The SMILES string of the molecule is [11CH3]Oc1ccc(C(=O)Nc2cnc(N3CCN(c4nc5ccccc5s4)CC3)nc2)c(F)c1. The molecule has 5 rings (SSSR count). The first-order chi connectivity index (χ1) is 16.1. The molecule has 1 aliphatic rings. The van der Waals surface area contributed by atoms with E-state index in [9.17, 15) is 9.18 Å². The second-order valence-corrected chi connectivity index (χ2v) is 8.52. The zero-order chi connectivity index (χ0) is 22.8. The van der Waals surface area contributed by atoms with Crippen LogP contribution in [0.15, 0.2) is 54.9 Å². The molecule has 0 radical (unpaired) electrons. The number of carbonyl (C=O) groups excluding carboxylic acids is 1. The smallest absolute Gasteiger partial charge is 0.258 e. The number of nitrogens with one attached hydrogen (secondary N) is 1. The maximum atomic E-state index is 14.1. The van der Waals surface area contributed by atoms with Crippen molar-refractivity contribution in [3.63, 3.8) is 0 Å². The largest absolute Gasteiger partial charge is 0.497 e. The maximum Gasteiger partial charge on any atom is 0.258 e. The van der Waals surface area contributed by atoms with Gasteiger partial charge in [0, 0.05) is 32.2 Å². The normalized spacial score (nSPS) is 13.9. The van der Waals surface area contributed by atoms with Gasteiger partial charge in [0.05, 0.1) is 41.0 Å². The summed E-state index contributed by atoms with van der Waals surface area (Å²) in [5, 5.41) is 3.66. The van der Waals surface area contributed by atoms with E-state index in [1.807, 2.05) is 18.2 Å². The van der Waals surface area contributed by atoms with Crippen LogP contribution in [0.5, 0.6) is 5.75 Å². The predicted octanol–water partition coefficient (Wildman–Crippen LogP) is 3.81. The number of thiazole rings is 1. The first kappa shape index (κ1) is 21.1. The van der Waals surface area contributed by atoms with Crippen molar-refractivity contribution in [3.8, 4) is 5.75 Å². The standard InChI is InChI=1S/C23H21FN6O2S/c1-32-16-6-7-17(18(24)12-16)21(31)27-15-13-25-22(26-14-15)29-8-10-30(11-9-29)23-28-19-4-2-3-5-20(19)33-23/h2-7,12-14H,8-11H2,1H3,(H,27,31)/i1-1. The second kappa shape index (κ2) is 8.99. The third kappa shape index (κ3) is 4.42. The Morgan fingerprint density at radius 2 is 1.79 bits per heavy atom. The average molecular weight is 464 g/mol. The van der Waals surface area contributed by atoms with Gasteiger partial charge in [0.1, 0.15) is 11.6 Å². The van der Waals surface area contributed by atoms with Crippen molar-refractivity contribution < 1.29 is 13.9 Å². The number of halogens is 1. The topological polar surface area (TPSA) is 83.5 Å². The molecule has 1 fully saturated rings. The molecule has 1 amide bonds. The molecule has 1 aliphatic heterocycles.